The Labute approximate surface area is 135 Å². The number of sulfonamides is 1. The molecule has 1 saturated heterocycles. The lowest BCUT2D eigenvalue weighted by atomic mass is 10.2. The van der Waals surface area contributed by atoms with Crippen molar-refractivity contribution in [1.82, 2.24) is 9.62 Å². The topological polar surface area (TPSA) is 62.6 Å². The Kier molecular flexibility index (Phi) is 4.79. The molecule has 0 unspecified atom stereocenters. The van der Waals surface area contributed by atoms with Crippen molar-refractivity contribution in [3.63, 3.8) is 0 Å². The molecule has 23 heavy (non-hydrogen) atoms. The summed E-state index contributed by atoms with van der Waals surface area (Å²) in [5.41, 5.74) is 0. The van der Waals surface area contributed by atoms with E-state index >= 15 is 0 Å². The minimum atomic E-state index is -3.90. The van der Waals surface area contributed by atoms with Crippen molar-refractivity contribution in [3.05, 3.63) is 54.2 Å². The monoisotopic (exact) mass is 338 g/mol. The van der Waals surface area contributed by atoms with Crippen LogP contribution in [0.3, 0.4) is 0 Å². The fraction of sp³-hybridized carbons (Fsp3) is 0.375. The Morgan fingerprint density at radius 1 is 1.17 bits per heavy atom. The summed E-state index contributed by atoms with van der Waals surface area (Å²) in [7, 11) is -3.90. The molecule has 1 aromatic carbocycles. The van der Waals surface area contributed by atoms with Gasteiger partial charge in [0.05, 0.1) is 12.3 Å². The predicted octanol–water partition coefficient (Wildman–Crippen LogP) is 2.53. The molecule has 0 aliphatic carbocycles. The van der Waals surface area contributed by atoms with Crippen molar-refractivity contribution < 1.29 is 17.2 Å². The molecule has 0 spiro atoms. The molecule has 1 aromatic heterocycles. The van der Waals surface area contributed by atoms with E-state index in [1.807, 2.05) is 6.07 Å². The summed E-state index contributed by atoms with van der Waals surface area (Å²) in [4.78, 5) is 1.85. The molecule has 7 heteroatoms. The predicted molar refractivity (Wildman–Crippen MR) is 83.8 cm³/mol. The van der Waals surface area contributed by atoms with Gasteiger partial charge in [-0.25, -0.2) is 17.5 Å². The Morgan fingerprint density at radius 3 is 2.57 bits per heavy atom. The molecule has 0 bridgehead atoms. The van der Waals surface area contributed by atoms with Crippen molar-refractivity contribution in [2.45, 2.75) is 23.8 Å². The molecule has 0 saturated carbocycles. The second-order valence-corrected chi connectivity index (χ2v) is 7.29. The van der Waals surface area contributed by atoms with Crippen LogP contribution in [0.4, 0.5) is 4.39 Å². The standard InChI is InChI=1S/C16H19FN2O3S/c17-13-6-1-2-8-16(13)23(20,21)18-12-14(15-7-5-11-22-15)19-9-3-4-10-19/h1-2,5-8,11,14,18H,3-4,9-10,12H2/t14-/m0/s1. The van der Waals surface area contributed by atoms with Gasteiger partial charge in [0.25, 0.3) is 0 Å². The van der Waals surface area contributed by atoms with E-state index in [9.17, 15) is 12.8 Å². The number of benzene rings is 1. The van der Waals surface area contributed by atoms with Crippen LogP contribution in [0.15, 0.2) is 52.0 Å². The van der Waals surface area contributed by atoms with Crippen LogP contribution in [0.5, 0.6) is 0 Å². The third kappa shape index (κ3) is 3.63. The Bertz CT molecular complexity index is 740. The highest BCUT2D eigenvalue weighted by molar-refractivity contribution is 7.89. The molecular formula is C16H19FN2O3S. The molecular weight excluding hydrogens is 319 g/mol. The first-order valence-electron chi connectivity index (χ1n) is 7.59. The van der Waals surface area contributed by atoms with Gasteiger partial charge in [-0.15, -0.1) is 0 Å². The van der Waals surface area contributed by atoms with E-state index in [1.54, 1.807) is 12.3 Å². The lowest BCUT2D eigenvalue weighted by Gasteiger charge is -2.26. The fourth-order valence-electron chi connectivity index (χ4n) is 2.87. The molecule has 2 aromatic rings. The van der Waals surface area contributed by atoms with Gasteiger partial charge in [-0.3, -0.25) is 4.90 Å². The van der Waals surface area contributed by atoms with Crippen molar-refractivity contribution in [2.24, 2.45) is 0 Å². The van der Waals surface area contributed by atoms with Crippen LogP contribution in [-0.2, 0) is 10.0 Å². The summed E-state index contributed by atoms with van der Waals surface area (Å²) < 4.78 is 46.4. The number of nitrogens with one attached hydrogen (secondary N) is 1. The molecule has 1 atom stereocenters. The van der Waals surface area contributed by atoms with Gasteiger partial charge in [0.15, 0.2) is 0 Å². The van der Waals surface area contributed by atoms with E-state index in [2.05, 4.69) is 9.62 Å². The van der Waals surface area contributed by atoms with Crippen molar-refractivity contribution in [1.29, 1.82) is 0 Å². The minimum absolute atomic E-state index is 0.143. The molecule has 1 fully saturated rings. The molecule has 0 amide bonds. The van der Waals surface area contributed by atoms with Gasteiger partial charge in [0.2, 0.25) is 10.0 Å². The molecule has 5 nitrogen and oxygen atoms in total. The fourth-order valence-corrected chi connectivity index (χ4v) is 3.99. The first-order chi connectivity index (χ1) is 11.1. The normalized spacial score (nSPS) is 17.4. The SMILES string of the molecule is O=S(=O)(NC[C@@H](c1ccco1)N1CCCC1)c1ccccc1F. The van der Waals surface area contributed by atoms with E-state index < -0.39 is 15.8 Å². The number of halogens is 1. The maximum Gasteiger partial charge on any atom is 0.243 e. The maximum absolute atomic E-state index is 13.7. The smallest absolute Gasteiger partial charge is 0.243 e. The molecule has 0 radical (unpaired) electrons. The largest absolute Gasteiger partial charge is 0.468 e. The first-order valence-corrected chi connectivity index (χ1v) is 9.08. The van der Waals surface area contributed by atoms with Gasteiger partial charge in [0, 0.05) is 6.54 Å². The minimum Gasteiger partial charge on any atom is -0.468 e. The van der Waals surface area contributed by atoms with E-state index in [4.69, 9.17) is 4.42 Å². The number of nitrogens with zero attached hydrogens (tertiary/aromatic N) is 1. The summed E-state index contributed by atoms with van der Waals surface area (Å²) >= 11 is 0. The molecule has 2 heterocycles. The van der Waals surface area contributed by atoms with Crippen LogP contribution in [0, 0.1) is 5.82 Å². The summed E-state index contributed by atoms with van der Waals surface area (Å²) in [6.07, 6.45) is 3.73. The third-order valence-electron chi connectivity index (χ3n) is 4.05. The van der Waals surface area contributed by atoms with E-state index in [0.29, 0.717) is 5.76 Å². The first kappa shape index (κ1) is 16.2. The summed E-state index contributed by atoms with van der Waals surface area (Å²) in [6, 6.07) is 8.79. The Morgan fingerprint density at radius 2 is 1.91 bits per heavy atom. The third-order valence-corrected chi connectivity index (χ3v) is 5.50. The van der Waals surface area contributed by atoms with Gasteiger partial charge >= 0.3 is 0 Å². The van der Waals surface area contributed by atoms with Crippen LogP contribution in [0.25, 0.3) is 0 Å². The quantitative estimate of drug-likeness (QED) is 0.879. The van der Waals surface area contributed by atoms with Crippen molar-refractivity contribution >= 4 is 10.0 Å². The number of rotatable bonds is 6. The van der Waals surface area contributed by atoms with Crippen molar-refractivity contribution in [2.75, 3.05) is 19.6 Å². The van der Waals surface area contributed by atoms with E-state index in [1.165, 1.54) is 18.2 Å². The number of hydrogen-bond donors (Lipinski definition) is 1. The lowest BCUT2D eigenvalue weighted by Crippen LogP contribution is -2.36. The molecule has 1 N–H and O–H groups in total. The average Bonchev–Trinajstić information content (AvgIpc) is 3.21. The highest BCUT2D eigenvalue weighted by Crippen LogP contribution is 2.25. The van der Waals surface area contributed by atoms with Crippen LogP contribution < -0.4 is 4.72 Å². The van der Waals surface area contributed by atoms with Crippen LogP contribution in [-0.4, -0.2) is 33.0 Å². The lowest BCUT2D eigenvalue weighted by molar-refractivity contribution is 0.216. The highest BCUT2D eigenvalue weighted by Gasteiger charge is 2.28. The average molecular weight is 338 g/mol. The molecule has 124 valence electrons. The zero-order valence-electron chi connectivity index (χ0n) is 12.6. The number of hydrogen-bond acceptors (Lipinski definition) is 4. The van der Waals surface area contributed by atoms with E-state index in [0.717, 1.165) is 32.0 Å². The summed E-state index contributed by atoms with van der Waals surface area (Å²) in [5.74, 6) is -0.0427. The van der Waals surface area contributed by atoms with Crippen LogP contribution >= 0.6 is 0 Å². The van der Waals surface area contributed by atoms with Gasteiger partial charge in [-0.2, -0.15) is 0 Å². The number of furan rings is 1. The van der Waals surface area contributed by atoms with Gasteiger partial charge in [0.1, 0.15) is 16.5 Å². The van der Waals surface area contributed by atoms with Gasteiger partial charge in [-0.1, -0.05) is 12.1 Å². The Hall–Kier alpha value is -1.70. The molecule has 1 aliphatic heterocycles. The van der Waals surface area contributed by atoms with Crippen LogP contribution in [0.1, 0.15) is 24.6 Å². The number of likely N-dealkylation sites (tertiary alicyclic amines) is 1. The summed E-state index contributed by atoms with van der Waals surface area (Å²) in [6.45, 7) is 1.93. The summed E-state index contributed by atoms with van der Waals surface area (Å²) in [5, 5.41) is 0. The zero-order chi connectivity index (χ0) is 16.3. The van der Waals surface area contributed by atoms with Gasteiger partial charge in [-0.05, 0) is 50.2 Å². The van der Waals surface area contributed by atoms with Crippen molar-refractivity contribution in [3.8, 4) is 0 Å². The Balaban J connectivity index is 1.77. The van der Waals surface area contributed by atoms with E-state index in [-0.39, 0.29) is 17.5 Å². The zero-order valence-corrected chi connectivity index (χ0v) is 13.4. The highest BCUT2D eigenvalue weighted by atomic mass is 32.2. The second-order valence-electron chi connectivity index (χ2n) is 5.56. The van der Waals surface area contributed by atoms with Crippen LogP contribution in [0.2, 0.25) is 0 Å². The molecule has 1 aliphatic rings. The molecule has 3 rings (SSSR count). The second kappa shape index (κ2) is 6.82. The maximum atomic E-state index is 13.7. The van der Waals surface area contributed by atoms with Gasteiger partial charge < -0.3 is 4.42 Å².